The molecule has 23 heteroatoms. The number of rotatable bonds is 24. The fourth-order valence-corrected chi connectivity index (χ4v) is 12.4. The van der Waals surface area contributed by atoms with E-state index >= 15 is 8.78 Å². The van der Waals surface area contributed by atoms with Crippen molar-refractivity contribution < 1.29 is 42.1 Å². The van der Waals surface area contributed by atoms with Crippen molar-refractivity contribution >= 4 is 75.0 Å². The van der Waals surface area contributed by atoms with Crippen molar-refractivity contribution in [3.63, 3.8) is 0 Å². The Labute approximate surface area is 509 Å². The maximum atomic E-state index is 16.2. The van der Waals surface area contributed by atoms with Gasteiger partial charge in [-0.25, -0.2) is 18.7 Å². The molecule has 9 rings (SSSR count). The van der Waals surface area contributed by atoms with Crippen molar-refractivity contribution in [2.45, 2.75) is 96.2 Å². The zero-order valence-corrected chi connectivity index (χ0v) is 50.8. The van der Waals surface area contributed by atoms with E-state index in [-0.39, 0.29) is 74.3 Å². The van der Waals surface area contributed by atoms with Crippen molar-refractivity contribution in [3.05, 3.63) is 139 Å². The van der Waals surface area contributed by atoms with E-state index in [1.807, 2.05) is 39.1 Å². The summed E-state index contributed by atoms with van der Waals surface area (Å²) in [6, 6.07) is 16.9. The minimum atomic E-state index is -1.82. The van der Waals surface area contributed by atoms with Gasteiger partial charge >= 0.3 is 0 Å². The summed E-state index contributed by atoms with van der Waals surface area (Å²) in [6.07, 6.45) is 7.58. The lowest BCUT2D eigenvalue weighted by molar-refractivity contribution is -0.118. The number of Topliss-reactive ketones (excluding diaryl/α,β-unsaturated/α-hetero) is 1. The van der Waals surface area contributed by atoms with E-state index in [1.54, 1.807) is 17.7 Å². The fourth-order valence-electron chi connectivity index (χ4n) is 12.1. The number of nitrogens with one attached hydrogen (secondary N) is 4. The van der Waals surface area contributed by atoms with Crippen molar-refractivity contribution in [2.24, 2.45) is 5.41 Å². The summed E-state index contributed by atoms with van der Waals surface area (Å²) in [6.45, 7) is 15.8. The van der Waals surface area contributed by atoms with Crippen LogP contribution in [0.3, 0.4) is 0 Å². The number of fused-ring (bicyclic) bond motifs is 1. The maximum Gasteiger partial charge on any atom is 0.263 e. The van der Waals surface area contributed by atoms with Crippen LogP contribution in [0.4, 0.5) is 31.9 Å². The standard InChI is InChI=1S/C63H73Cl2F2N11O8/c1-38-45-36-71-61(75-57(45)78(42-10-7-8-11-42)60(82)53(38)39(2)79)74-52-19-16-43(35-70-52)77-23-21-76(22-24-77)25-27-85-29-31-86-30-28-84-26-20-69-58(80)40-14-18-49(50(32-40)83-6)72-59(81)56-54(44-12-9-13-47(65)55(44)67)63(37-68,51(73-56)34-62(3,4)5)46-17-15-41(64)33-48(46)66/h9,12-19,32-33,35-36,42,51,54,56,73H,7-8,10-11,20-31,34H2,1-6H3,(H,69,80)(H,72,81)(H,70,71,74,75)/t51-,54-,56+,63-/m0/s1. The quantitative estimate of drug-likeness (QED) is 0.0327. The molecule has 0 radical (unpaired) electrons. The second-order valence-corrected chi connectivity index (χ2v) is 24.0. The van der Waals surface area contributed by atoms with Gasteiger partial charge in [0.05, 0.1) is 87.0 Å². The summed E-state index contributed by atoms with van der Waals surface area (Å²) in [5.74, 6) is -3.16. The Kier molecular flexibility index (Phi) is 20.7. The van der Waals surface area contributed by atoms with Crippen LogP contribution in [0.5, 0.6) is 5.75 Å². The molecular weight excluding hydrogens is 1150 g/mol. The van der Waals surface area contributed by atoms with Crippen LogP contribution >= 0.6 is 23.2 Å². The number of piperazine rings is 1. The summed E-state index contributed by atoms with van der Waals surface area (Å²) in [5, 5.41) is 23.9. The third-order valence-electron chi connectivity index (χ3n) is 16.3. The average Bonchev–Trinajstić information content (AvgIpc) is 1.72. The molecule has 0 unspecified atom stereocenters. The first-order valence-electron chi connectivity index (χ1n) is 29.0. The van der Waals surface area contributed by atoms with E-state index < -0.39 is 52.3 Å². The van der Waals surface area contributed by atoms with Gasteiger partial charge in [-0.2, -0.15) is 10.2 Å². The number of benzene rings is 3. The molecule has 3 aromatic carbocycles. The van der Waals surface area contributed by atoms with Crippen LogP contribution in [0.1, 0.15) is 109 Å². The zero-order valence-electron chi connectivity index (χ0n) is 49.2. The molecule has 1 aliphatic carbocycles. The predicted octanol–water partition coefficient (Wildman–Crippen LogP) is 9.71. The minimum Gasteiger partial charge on any atom is -0.495 e. The Morgan fingerprint density at radius 2 is 1.62 bits per heavy atom. The monoisotopic (exact) mass is 1220 g/mol. The highest BCUT2D eigenvalue weighted by Crippen LogP contribution is 2.53. The first kappa shape index (κ1) is 63.3. The van der Waals surface area contributed by atoms with Gasteiger partial charge in [-0.05, 0) is 98.2 Å². The Bertz CT molecular complexity index is 3530. The second-order valence-electron chi connectivity index (χ2n) is 23.1. The number of amides is 2. The molecule has 4 N–H and O–H groups in total. The van der Waals surface area contributed by atoms with Gasteiger partial charge in [-0.15, -0.1) is 0 Å². The average molecular weight is 1220 g/mol. The zero-order chi connectivity index (χ0) is 61.3. The molecular formula is C63H73Cl2F2N11O8. The number of halogens is 4. The molecule has 2 amide bonds. The summed E-state index contributed by atoms with van der Waals surface area (Å²) in [7, 11) is 1.39. The Hall–Kier alpha value is -7.16. The fraction of sp³-hybridized carbons (Fsp3) is 0.460. The van der Waals surface area contributed by atoms with Gasteiger partial charge in [0.25, 0.3) is 11.5 Å². The van der Waals surface area contributed by atoms with E-state index in [4.69, 9.17) is 47.1 Å². The molecule has 3 fully saturated rings. The molecule has 2 saturated heterocycles. The molecule has 0 spiro atoms. The Balaban J connectivity index is 0.672. The number of hydrogen-bond acceptors (Lipinski definition) is 16. The molecule has 5 heterocycles. The Morgan fingerprint density at radius 1 is 0.895 bits per heavy atom. The number of nitrogens with zero attached hydrogens (tertiary/aromatic N) is 7. The smallest absolute Gasteiger partial charge is 0.263 e. The lowest BCUT2D eigenvalue weighted by Crippen LogP contribution is -2.47. The largest absolute Gasteiger partial charge is 0.495 e. The molecule has 19 nitrogen and oxygen atoms in total. The normalized spacial score (nSPS) is 19.2. The van der Waals surface area contributed by atoms with Crippen molar-refractivity contribution in [3.8, 4) is 11.8 Å². The number of aryl methyl sites for hydroxylation is 1. The van der Waals surface area contributed by atoms with Gasteiger partial charge in [0.15, 0.2) is 5.78 Å². The van der Waals surface area contributed by atoms with E-state index in [2.05, 4.69) is 47.1 Å². The summed E-state index contributed by atoms with van der Waals surface area (Å²) in [4.78, 5) is 72.5. The third-order valence-corrected chi connectivity index (χ3v) is 16.8. The number of pyridine rings is 2. The van der Waals surface area contributed by atoms with Crippen LogP contribution in [0.25, 0.3) is 11.0 Å². The van der Waals surface area contributed by atoms with Crippen LogP contribution in [0, 0.1) is 35.3 Å². The number of carbonyl (C=O) groups is 3. The molecule has 456 valence electrons. The second kappa shape index (κ2) is 28.1. The number of hydrogen-bond donors (Lipinski definition) is 4. The lowest BCUT2D eigenvalue weighted by Gasteiger charge is -2.37. The number of aromatic nitrogens is 4. The van der Waals surface area contributed by atoms with E-state index in [1.165, 1.54) is 62.6 Å². The van der Waals surface area contributed by atoms with E-state index in [9.17, 15) is 24.4 Å². The molecule has 0 bridgehead atoms. The van der Waals surface area contributed by atoms with Crippen LogP contribution in [-0.2, 0) is 24.4 Å². The van der Waals surface area contributed by atoms with Crippen LogP contribution in [0.15, 0.2) is 83.9 Å². The van der Waals surface area contributed by atoms with Crippen LogP contribution in [0.2, 0.25) is 10.0 Å². The van der Waals surface area contributed by atoms with Gasteiger partial charge in [0.2, 0.25) is 11.9 Å². The van der Waals surface area contributed by atoms with E-state index in [0.717, 1.165) is 70.2 Å². The number of ether oxygens (including phenoxy) is 4. The van der Waals surface area contributed by atoms with Gasteiger partial charge in [-0.1, -0.05) is 75.0 Å². The van der Waals surface area contributed by atoms with Gasteiger partial charge in [0.1, 0.15) is 34.3 Å². The molecule has 3 aliphatic rings. The van der Waals surface area contributed by atoms with Crippen LogP contribution in [-0.4, -0.2) is 140 Å². The highest BCUT2D eigenvalue weighted by atomic mass is 35.5. The highest BCUT2D eigenvalue weighted by molar-refractivity contribution is 6.31. The maximum absolute atomic E-state index is 16.2. The highest BCUT2D eigenvalue weighted by Gasteiger charge is 2.61. The number of anilines is 4. The summed E-state index contributed by atoms with van der Waals surface area (Å²) in [5.41, 5.74) is 0.150. The van der Waals surface area contributed by atoms with Crippen molar-refractivity contribution in [1.82, 2.24) is 35.1 Å². The number of methoxy groups -OCH3 is 1. The number of ketones is 1. The van der Waals surface area contributed by atoms with Gasteiger partial charge < -0.3 is 45.1 Å². The molecule has 3 aromatic heterocycles. The summed E-state index contributed by atoms with van der Waals surface area (Å²) < 4.78 is 56.8. The van der Waals surface area contributed by atoms with Gasteiger partial charge in [-0.3, -0.25) is 28.6 Å². The first-order chi connectivity index (χ1) is 41.3. The third kappa shape index (κ3) is 14.3. The van der Waals surface area contributed by atoms with Gasteiger partial charge in [0, 0.05) is 85.0 Å². The molecule has 2 aliphatic heterocycles. The topological polar surface area (TPSA) is 227 Å². The first-order valence-corrected chi connectivity index (χ1v) is 29.8. The van der Waals surface area contributed by atoms with Crippen molar-refractivity contribution in [2.75, 3.05) is 102 Å². The lowest BCUT2D eigenvalue weighted by atomic mass is 9.62. The Morgan fingerprint density at radius 3 is 2.28 bits per heavy atom. The SMILES string of the molecule is COc1cc(C(=O)NCCOCCOCCOCCN2CCN(c3ccc(Nc4ncc5c(C)c(C(C)=O)c(=O)n(C6CCCC6)c5n4)nc3)CC2)ccc1NC(=O)[C@@H]1N[C@@H](CC(C)(C)C)[C@](C#N)(c2ccc(Cl)cc2F)[C@H]1c1cccc(Cl)c1F. The molecule has 6 aromatic rings. The number of carbonyl (C=O) groups excluding carboxylic acids is 3. The summed E-state index contributed by atoms with van der Waals surface area (Å²) >= 11 is 12.5. The predicted molar refractivity (Wildman–Crippen MR) is 326 cm³/mol. The molecule has 86 heavy (non-hydrogen) atoms. The number of nitriles is 1. The van der Waals surface area contributed by atoms with E-state index in [0.29, 0.717) is 67.8 Å². The minimum absolute atomic E-state index is 0.00960. The molecule has 1 saturated carbocycles. The molecule has 4 atom stereocenters. The van der Waals surface area contributed by atoms with Crippen molar-refractivity contribution in [1.29, 1.82) is 5.26 Å². The van der Waals surface area contributed by atoms with Crippen LogP contribution < -0.4 is 36.5 Å².